The summed E-state index contributed by atoms with van der Waals surface area (Å²) in [5.74, 6) is -1.74. The summed E-state index contributed by atoms with van der Waals surface area (Å²) in [4.78, 5) is 19.6. The van der Waals surface area contributed by atoms with Crippen molar-refractivity contribution in [3.63, 3.8) is 0 Å². The fraction of sp³-hybridized carbons (Fsp3) is 0.261. The first-order valence-corrected chi connectivity index (χ1v) is 10.1. The third-order valence-electron chi connectivity index (χ3n) is 4.86. The van der Waals surface area contributed by atoms with Crippen LogP contribution >= 0.6 is 0 Å². The first kappa shape index (κ1) is 24.7. The zero-order chi connectivity index (χ0) is 24.9. The van der Waals surface area contributed by atoms with Gasteiger partial charge in [-0.1, -0.05) is 6.07 Å². The summed E-state index contributed by atoms with van der Waals surface area (Å²) >= 11 is 0. The molecule has 11 heteroatoms. The molecule has 3 rings (SSSR count). The summed E-state index contributed by atoms with van der Waals surface area (Å²) in [6, 6.07) is 7.36. The lowest BCUT2D eigenvalue weighted by Gasteiger charge is -2.14. The molecule has 2 aromatic carbocycles. The minimum Gasteiger partial charge on any atom is -0.496 e. The monoisotopic (exact) mass is 479 g/mol. The number of carbonyl (C=O) groups is 1. The van der Waals surface area contributed by atoms with Crippen LogP contribution in [0.2, 0.25) is 0 Å². The molecule has 0 saturated heterocycles. The van der Waals surface area contributed by atoms with Crippen molar-refractivity contribution < 1.29 is 36.9 Å². The van der Waals surface area contributed by atoms with Gasteiger partial charge in [0.15, 0.2) is 0 Å². The molecule has 0 saturated carbocycles. The van der Waals surface area contributed by atoms with Crippen molar-refractivity contribution in [1.82, 2.24) is 9.97 Å². The second-order valence-electron chi connectivity index (χ2n) is 7.05. The summed E-state index contributed by atoms with van der Waals surface area (Å²) in [7, 11) is 1.18. The summed E-state index contributed by atoms with van der Waals surface area (Å²) in [5.41, 5.74) is -0.0317. The quantitative estimate of drug-likeness (QED) is 0.414. The lowest BCUT2D eigenvalue weighted by molar-refractivity contribution is -0.137. The Morgan fingerprint density at radius 2 is 1.88 bits per heavy atom. The second-order valence-corrected chi connectivity index (χ2v) is 7.05. The lowest BCUT2D eigenvalue weighted by atomic mass is 10.1. The fourth-order valence-corrected chi connectivity index (χ4v) is 3.26. The summed E-state index contributed by atoms with van der Waals surface area (Å²) in [6.45, 7) is 2.17. The second kappa shape index (κ2) is 10.4. The van der Waals surface area contributed by atoms with E-state index in [1.165, 1.54) is 19.5 Å². The van der Waals surface area contributed by atoms with Gasteiger partial charge in [-0.05, 0) is 37.6 Å². The molecule has 0 atom stereocenters. The van der Waals surface area contributed by atoms with E-state index in [-0.39, 0.29) is 42.2 Å². The van der Waals surface area contributed by atoms with Gasteiger partial charge in [0.05, 0.1) is 25.0 Å². The van der Waals surface area contributed by atoms with Crippen LogP contribution in [0, 0.1) is 5.82 Å². The number of aromatic nitrogens is 2. The number of carboxylic acids is 1. The summed E-state index contributed by atoms with van der Waals surface area (Å²) < 4.78 is 63.4. The number of nitrogens with zero attached hydrogens (tertiary/aromatic N) is 2. The van der Waals surface area contributed by atoms with E-state index in [9.17, 15) is 27.5 Å². The van der Waals surface area contributed by atoms with Gasteiger partial charge < -0.3 is 19.9 Å². The number of nitrogens with one attached hydrogen (secondary N) is 1. The Balaban J connectivity index is 1.76. The fourth-order valence-electron chi connectivity index (χ4n) is 3.26. The highest BCUT2D eigenvalue weighted by Gasteiger charge is 2.32. The Labute approximate surface area is 192 Å². The molecule has 180 valence electrons. The Morgan fingerprint density at radius 3 is 2.53 bits per heavy atom. The Bertz CT molecular complexity index is 1190. The maximum atomic E-state index is 14.3. The molecule has 2 N–H and O–H groups in total. The van der Waals surface area contributed by atoms with Crippen molar-refractivity contribution in [2.45, 2.75) is 19.5 Å². The van der Waals surface area contributed by atoms with Crippen molar-refractivity contribution in [2.24, 2.45) is 0 Å². The summed E-state index contributed by atoms with van der Waals surface area (Å²) in [6.07, 6.45) is -3.36. The standard InChI is InChI=1S/C23H21F4N3O4/c1-3-34-20-8-13(4-5-16(20)22(31)32)18-11-21(30-12-29-18)28-7-6-15-17(24)9-14(23(25,26)27)10-19(15)33-2/h4-5,8-12H,3,6-7H2,1-2H3,(H,31,32)(H,28,29,30). The Hall–Kier alpha value is -3.89. The Kier molecular flexibility index (Phi) is 7.54. The summed E-state index contributed by atoms with van der Waals surface area (Å²) in [5, 5.41) is 12.3. The number of aromatic carboxylic acids is 1. The van der Waals surface area contributed by atoms with Crippen LogP contribution in [0.15, 0.2) is 42.7 Å². The number of ether oxygens (including phenoxy) is 2. The minimum atomic E-state index is -4.69. The van der Waals surface area contributed by atoms with Gasteiger partial charge in [-0.2, -0.15) is 13.2 Å². The Morgan fingerprint density at radius 1 is 1.12 bits per heavy atom. The molecule has 1 aromatic heterocycles. The van der Waals surface area contributed by atoms with Gasteiger partial charge in [-0.3, -0.25) is 0 Å². The number of hydrogen-bond donors (Lipinski definition) is 2. The van der Waals surface area contributed by atoms with Gasteiger partial charge in [-0.25, -0.2) is 19.2 Å². The molecular formula is C23H21F4N3O4. The van der Waals surface area contributed by atoms with Crippen LogP contribution in [0.4, 0.5) is 23.4 Å². The highest BCUT2D eigenvalue weighted by atomic mass is 19.4. The molecule has 1 heterocycles. The van der Waals surface area contributed by atoms with Crippen LogP contribution in [0.3, 0.4) is 0 Å². The molecule has 0 fully saturated rings. The number of alkyl halides is 3. The van der Waals surface area contributed by atoms with Crippen LogP contribution in [0.25, 0.3) is 11.3 Å². The van der Waals surface area contributed by atoms with Crippen molar-refractivity contribution in [2.75, 3.05) is 25.6 Å². The maximum Gasteiger partial charge on any atom is 0.416 e. The SMILES string of the molecule is CCOc1cc(-c2cc(NCCc3c(F)cc(C(F)(F)F)cc3OC)ncn2)ccc1C(=O)O. The molecule has 0 unspecified atom stereocenters. The minimum absolute atomic E-state index is 0.00268. The zero-order valence-corrected chi connectivity index (χ0v) is 18.2. The molecule has 7 nitrogen and oxygen atoms in total. The van der Waals surface area contributed by atoms with E-state index in [1.54, 1.807) is 25.1 Å². The van der Waals surface area contributed by atoms with E-state index in [4.69, 9.17) is 9.47 Å². The van der Waals surface area contributed by atoms with E-state index in [0.29, 0.717) is 23.1 Å². The molecule has 0 bridgehead atoms. The van der Waals surface area contributed by atoms with Crippen molar-refractivity contribution in [3.8, 4) is 22.8 Å². The van der Waals surface area contributed by atoms with Crippen molar-refractivity contribution in [1.29, 1.82) is 0 Å². The lowest BCUT2D eigenvalue weighted by Crippen LogP contribution is -2.11. The number of halogens is 4. The van der Waals surface area contributed by atoms with E-state index < -0.39 is 23.5 Å². The molecule has 0 aliphatic heterocycles. The number of benzene rings is 2. The highest BCUT2D eigenvalue weighted by Crippen LogP contribution is 2.35. The molecule has 0 aliphatic rings. The van der Waals surface area contributed by atoms with Gasteiger partial charge in [0.2, 0.25) is 0 Å². The van der Waals surface area contributed by atoms with E-state index in [2.05, 4.69) is 15.3 Å². The number of methoxy groups -OCH3 is 1. The number of anilines is 1. The predicted octanol–water partition coefficient (Wildman–Crippen LogP) is 5.06. The average molecular weight is 479 g/mol. The number of hydrogen-bond acceptors (Lipinski definition) is 6. The molecule has 0 radical (unpaired) electrons. The zero-order valence-electron chi connectivity index (χ0n) is 18.2. The predicted molar refractivity (Wildman–Crippen MR) is 116 cm³/mol. The average Bonchev–Trinajstić information content (AvgIpc) is 2.79. The maximum absolute atomic E-state index is 14.3. The molecular weight excluding hydrogens is 458 g/mol. The normalized spacial score (nSPS) is 11.2. The first-order valence-electron chi connectivity index (χ1n) is 10.1. The largest absolute Gasteiger partial charge is 0.496 e. The van der Waals surface area contributed by atoms with Crippen LogP contribution < -0.4 is 14.8 Å². The highest BCUT2D eigenvalue weighted by molar-refractivity contribution is 5.91. The molecule has 0 amide bonds. The van der Waals surface area contributed by atoms with Crippen LogP contribution in [0.1, 0.15) is 28.4 Å². The van der Waals surface area contributed by atoms with Crippen LogP contribution in [-0.2, 0) is 12.6 Å². The van der Waals surface area contributed by atoms with E-state index >= 15 is 0 Å². The van der Waals surface area contributed by atoms with Crippen LogP contribution in [0.5, 0.6) is 11.5 Å². The smallest absolute Gasteiger partial charge is 0.416 e. The van der Waals surface area contributed by atoms with Gasteiger partial charge in [0.25, 0.3) is 0 Å². The number of carboxylic acid groups (broad SMARTS) is 1. The van der Waals surface area contributed by atoms with Gasteiger partial charge in [0, 0.05) is 23.7 Å². The van der Waals surface area contributed by atoms with Crippen LogP contribution in [-0.4, -0.2) is 41.3 Å². The van der Waals surface area contributed by atoms with E-state index in [0.717, 1.165) is 6.07 Å². The van der Waals surface area contributed by atoms with Gasteiger partial charge in [0.1, 0.15) is 35.0 Å². The van der Waals surface area contributed by atoms with Crippen molar-refractivity contribution in [3.05, 3.63) is 65.2 Å². The van der Waals surface area contributed by atoms with E-state index in [1.807, 2.05) is 0 Å². The topological polar surface area (TPSA) is 93.6 Å². The first-order chi connectivity index (χ1) is 16.1. The molecule has 34 heavy (non-hydrogen) atoms. The van der Waals surface area contributed by atoms with Gasteiger partial charge in [-0.15, -0.1) is 0 Å². The third kappa shape index (κ3) is 5.72. The third-order valence-corrected chi connectivity index (χ3v) is 4.86. The molecule has 0 spiro atoms. The molecule has 0 aliphatic carbocycles. The van der Waals surface area contributed by atoms with Crippen molar-refractivity contribution >= 4 is 11.8 Å². The molecule has 3 aromatic rings. The number of rotatable bonds is 9. The van der Waals surface area contributed by atoms with Gasteiger partial charge >= 0.3 is 12.1 Å².